The molecule has 0 radical (unpaired) electrons. The third kappa shape index (κ3) is 3.01. The first-order valence-corrected chi connectivity index (χ1v) is 5.60. The summed E-state index contributed by atoms with van der Waals surface area (Å²) in [6.07, 6.45) is -4.43. The molecule has 2 rings (SSSR count). The standard InChI is InChI=1S/C12H13F3N2O/c13-12(14,15)6-9(16)7-1-3-10-8(5-7)2-4-11(18)17-10/h1,3,5,9H,2,4,6,16H2,(H,17,18). The lowest BCUT2D eigenvalue weighted by Gasteiger charge is -2.20. The van der Waals surface area contributed by atoms with Crippen molar-refractivity contribution in [3.05, 3.63) is 29.3 Å². The minimum atomic E-state index is -4.27. The highest BCUT2D eigenvalue weighted by Crippen LogP contribution is 2.31. The van der Waals surface area contributed by atoms with Crippen LogP contribution in [0.15, 0.2) is 18.2 Å². The number of aryl methyl sites for hydroxylation is 1. The molecule has 0 saturated carbocycles. The molecular formula is C12H13F3N2O. The second-order valence-corrected chi connectivity index (χ2v) is 4.39. The van der Waals surface area contributed by atoms with Gasteiger partial charge in [0.1, 0.15) is 0 Å². The summed E-state index contributed by atoms with van der Waals surface area (Å²) < 4.78 is 36.7. The number of halogens is 3. The van der Waals surface area contributed by atoms with E-state index in [0.29, 0.717) is 24.1 Å². The Kier molecular flexibility index (Phi) is 3.30. The maximum atomic E-state index is 12.2. The Labute approximate surface area is 102 Å². The molecule has 1 aromatic rings. The van der Waals surface area contributed by atoms with E-state index in [0.717, 1.165) is 5.56 Å². The van der Waals surface area contributed by atoms with Gasteiger partial charge in [-0.1, -0.05) is 12.1 Å². The Hall–Kier alpha value is -1.56. The van der Waals surface area contributed by atoms with Crippen molar-refractivity contribution in [2.45, 2.75) is 31.5 Å². The zero-order chi connectivity index (χ0) is 13.3. The van der Waals surface area contributed by atoms with Gasteiger partial charge in [0.2, 0.25) is 5.91 Å². The highest BCUT2D eigenvalue weighted by molar-refractivity contribution is 5.93. The molecule has 1 amide bonds. The number of nitrogens with two attached hydrogens (primary N) is 1. The molecule has 3 nitrogen and oxygen atoms in total. The van der Waals surface area contributed by atoms with Gasteiger partial charge in [0.15, 0.2) is 0 Å². The molecule has 0 fully saturated rings. The second-order valence-electron chi connectivity index (χ2n) is 4.39. The van der Waals surface area contributed by atoms with Crippen LogP contribution in [-0.2, 0) is 11.2 Å². The Balaban J connectivity index is 2.18. The Morgan fingerprint density at radius 1 is 1.33 bits per heavy atom. The van der Waals surface area contributed by atoms with Gasteiger partial charge in [0.05, 0.1) is 6.42 Å². The monoisotopic (exact) mass is 258 g/mol. The van der Waals surface area contributed by atoms with Gasteiger partial charge in [-0.25, -0.2) is 0 Å². The van der Waals surface area contributed by atoms with Crippen molar-refractivity contribution in [1.82, 2.24) is 0 Å². The molecule has 6 heteroatoms. The summed E-state index contributed by atoms with van der Waals surface area (Å²) in [5.41, 5.74) is 7.48. The fraction of sp³-hybridized carbons (Fsp3) is 0.417. The summed E-state index contributed by atoms with van der Waals surface area (Å²) in [7, 11) is 0. The number of alkyl halides is 3. The number of anilines is 1. The van der Waals surface area contributed by atoms with Crippen LogP contribution in [0.5, 0.6) is 0 Å². The van der Waals surface area contributed by atoms with E-state index >= 15 is 0 Å². The van der Waals surface area contributed by atoms with E-state index in [1.165, 1.54) is 6.07 Å². The molecule has 1 atom stereocenters. The molecule has 1 heterocycles. The quantitative estimate of drug-likeness (QED) is 0.856. The first-order chi connectivity index (χ1) is 8.35. The van der Waals surface area contributed by atoms with Crippen molar-refractivity contribution in [2.24, 2.45) is 5.73 Å². The normalized spacial score (nSPS) is 17.0. The molecule has 1 aliphatic rings. The SMILES string of the molecule is NC(CC(F)(F)F)c1ccc2c(c1)CCC(=O)N2. The number of fused-ring (bicyclic) bond motifs is 1. The van der Waals surface area contributed by atoms with Crippen LogP contribution in [0.25, 0.3) is 0 Å². The Morgan fingerprint density at radius 2 is 2.06 bits per heavy atom. The number of amides is 1. The number of benzene rings is 1. The van der Waals surface area contributed by atoms with Crippen molar-refractivity contribution in [3.63, 3.8) is 0 Å². The summed E-state index contributed by atoms with van der Waals surface area (Å²) in [6.45, 7) is 0. The zero-order valence-corrected chi connectivity index (χ0v) is 9.55. The second kappa shape index (κ2) is 4.61. The van der Waals surface area contributed by atoms with Crippen LogP contribution < -0.4 is 11.1 Å². The predicted molar refractivity (Wildman–Crippen MR) is 61.0 cm³/mol. The van der Waals surface area contributed by atoms with Crippen LogP contribution >= 0.6 is 0 Å². The molecule has 18 heavy (non-hydrogen) atoms. The summed E-state index contributed by atoms with van der Waals surface area (Å²) >= 11 is 0. The van der Waals surface area contributed by atoms with Gasteiger partial charge in [0.25, 0.3) is 0 Å². The number of hydrogen-bond donors (Lipinski definition) is 2. The molecule has 3 N–H and O–H groups in total. The zero-order valence-electron chi connectivity index (χ0n) is 9.55. The predicted octanol–water partition coefficient (Wildman–Crippen LogP) is 2.52. The van der Waals surface area contributed by atoms with Gasteiger partial charge in [-0.3, -0.25) is 4.79 Å². The topological polar surface area (TPSA) is 55.1 Å². The van der Waals surface area contributed by atoms with Crippen molar-refractivity contribution in [1.29, 1.82) is 0 Å². The number of rotatable bonds is 2. The van der Waals surface area contributed by atoms with Crippen molar-refractivity contribution >= 4 is 11.6 Å². The highest BCUT2D eigenvalue weighted by atomic mass is 19.4. The van der Waals surface area contributed by atoms with E-state index in [1.807, 2.05) is 0 Å². The van der Waals surface area contributed by atoms with Crippen LogP contribution in [0.3, 0.4) is 0 Å². The fourth-order valence-corrected chi connectivity index (χ4v) is 2.00. The molecule has 0 aromatic heterocycles. The molecule has 0 aliphatic carbocycles. The third-order valence-electron chi connectivity index (χ3n) is 2.90. The van der Waals surface area contributed by atoms with E-state index < -0.39 is 18.6 Å². The number of carbonyl (C=O) groups is 1. The van der Waals surface area contributed by atoms with Gasteiger partial charge in [-0.05, 0) is 23.6 Å². The molecule has 0 saturated heterocycles. The fourth-order valence-electron chi connectivity index (χ4n) is 2.00. The molecule has 1 aliphatic heterocycles. The van der Waals surface area contributed by atoms with Crippen molar-refractivity contribution < 1.29 is 18.0 Å². The maximum Gasteiger partial charge on any atom is 0.390 e. The molecule has 0 spiro atoms. The van der Waals surface area contributed by atoms with Gasteiger partial charge in [-0.15, -0.1) is 0 Å². The first-order valence-electron chi connectivity index (χ1n) is 5.60. The lowest BCUT2D eigenvalue weighted by Crippen LogP contribution is -2.22. The van der Waals surface area contributed by atoms with E-state index in [-0.39, 0.29) is 5.91 Å². The molecule has 1 aromatic carbocycles. The third-order valence-corrected chi connectivity index (χ3v) is 2.90. The van der Waals surface area contributed by atoms with Crippen LogP contribution in [0.1, 0.15) is 30.0 Å². The van der Waals surface area contributed by atoms with Crippen LogP contribution in [0.2, 0.25) is 0 Å². The van der Waals surface area contributed by atoms with Gasteiger partial charge >= 0.3 is 6.18 Å². The van der Waals surface area contributed by atoms with Gasteiger partial charge in [-0.2, -0.15) is 13.2 Å². The average molecular weight is 258 g/mol. The minimum absolute atomic E-state index is 0.0742. The van der Waals surface area contributed by atoms with Crippen LogP contribution in [-0.4, -0.2) is 12.1 Å². The van der Waals surface area contributed by atoms with E-state index in [4.69, 9.17) is 5.73 Å². The Bertz CT molecular complexity index is 471. The summed E-state index contributed by atoms with van der Waals surface area (Å²) in [5, 5.41) is 2.67. The lowest BCUT2D eigenvalue weighted by atomic mass is 9.96. The van der Waals surface area contributed by atoms with Crippen LogP contribution in [0.4, 0.5) is 18.9 Å². The van der Waals surface area contributed by atoms with Crippen molar-refractivity contribution in [3.8, 4) is 0 Å². The van der Waals surface area contributed by atoms with E-state index in [1.54, 1.807) is 12.1 Å². The molecule has 0 bridgehead atoms. The van der Waals surface area contributed by atoms with Gasteiger partial charge < -0.3 is 11.1 Å². The highest BCUT2D eigenvalue weighted by Gasteiger charge is 2.31. The van der Waals surface area contributed by atoms with Crippen molar-refractivity contribution in [2.75, 3.05) is 5.32 Å². The largest absolute Gasteiger partial charge is 0.390 e. The molecule has 98 valence electrons. The van der Waals surface area contributed by atoms with E-state index in [9.17, 15) is 18.0 Å². The average Bonchev–Trinajstić information content (AvgIpc) is 2.26. The summed E-state index contributed by atoms with van der Waals surface area (Å²) in [4.78, 5) is 11.1. The number of hydrogen-bond acceptors (Lipinski definition) is 2. The molecule has 1 unspecified atom stereocenters. The lowest BCUT2D eigenvalue weighted by molar-refractivity contribution is -0.138. The first kappa shape index (κ1) is 12.9. The van der Waals surface area contributed by atoms with Gasteiger partial charge in [0, 0.05) is 18.2 Å². The summed E-state index contributed by atoms with van der Waals surface area (Å²) in [6, 6.07) is 3.72. The maximum absolute atomic E-state index is 12.2. The summed E-state index contributed by atoms with van der Waals surface area (Å²) in [5.74, 6) is -0.0742. The van der Waals surface area contributed by atoms with Crippen LogP contribution in [0, 0.1) is 0 Å². The number of nitrogens with one attached hydrogen (secondary N) is 1. The Morgan fingerprint density at radius 3 is 2.72 bits per heavy atom. The minimum Gasteiger partial charge on any atom is -0.326 e. The van der Waals surface area contributed by atoms with E-state index in [2.05, 4.69) is 5.32 Å². The molecular weight excluding hydrogens is 245 g/mol. The smallest absolute Gasteiger partial charge is 0.326 e. The number of carbonyl (C=O) groups excluding carboxylic acids is 1.